The van der Waals surface area contributed by atoms with Crippen molar-refractivity contribution < 1.29 is 4.74 Å². The van der Waals surface area contributed by atoms with Crippen molar-refractivity contribution in [3.05, 3.63) is 48.2 Å². The number of hydrogen-bond donors (Lipinski definition) is 1. The fourth-order valence-electron chi connectivity index (χ4n) is 4.48. The molecule has 4 aromatic heterocycles. The fourth-order valence-corrected chi connectivity index (χ4v) is 4.48. The summed E-state index contributed by atoms with van der Waals surface area (Å²) in [6.07, 6.45) is 7.01. The summed E-state index contributed by atoms with van der Waals surface area (Å²) < 4.78 is 8.28. The van der Waals surface area contributed by atoms with Crippen molar-refractivity contribution in [3.63, 3.8) is 0 Å². The van der Waals surface area contributed by atoms with E-state index in [0.717, 1.165) is 35.5 Å². The molecule has 0 aromatic carbocycles. The number of nitrogens with zero attached hydrogens (tertiary/aromatic N) is 6. The molecule has 3 atom stereocenters. The number of H-pyrrole nitrogens is 1. The van der Waals surface area contributed by atoms with Gasteiger partial charge in [-0.1, -0.05) is 13.8 Å². The second-order valence-corrected chi connectivity index (χ2v) is 7.94. The van der Waals surface area contributed by atoms with Crippen LogP contribution in [0.5, 0.6) is 5.88 Å². The van der Waals surface area contributed by atoms with Gasteiger partial charge in [0.05, 0.1) is 17.3 Å². The number of aromatic amines is 1. The lowest BCUT2D eigenvalue weighted by atomic mass is 9.85. The van der Waals surface area contributed by atoms with Gasteiger partial charge in [0.1, 0.15) is 18.0 Å². The van der Waals surface area contributed by atoms with Crippen molar-refractivity contribution in [3.8, 4) is 11.9 Å². The second-order valence-electron chi connectivity index (χ2n) is 7.94. The Morgan fingerprint density at radius 3 is 2.83 bits per heavy atom. The first kappa shape index (κ1) is 17.6. The van der Waals surface area contributed by atoms with Gasteiger partial charge in [0.2, 0.25) is 5.88 Å². The Bertz CT molecular complexity index is 1200. The van der Waals surface area contributed by atoms with Crippen molar-refractivity contribution in [1.82, 2.24) is 29.5 Å². The number of fused-ring (bicyclic) bond motifs is 3. The van der Waals surface area contributed by atoms with Crippen LogP contribution in [0.3, 0.4) is 0 Å². The van der Waals surface area contributed by atoms with Crippen LogP contribution in [0.4, 0.5) is 0 Å². The van der Waals surface area contributed by atoms with E-state index in [9.17, 15) is 0 Å². The molecule has 1 fully saturated rings. The molecule has 0 aliphatic heterocycles. The second kappa shape index (κ2) is 6.85. The summed E-state index contributed by atoms with van der Waals surface area (Å²) in [5.74, 6) is 2.66. The highest BCUT2D eigenvalue weighted by atomic mass is 16.5. The topological polar surface area (TPSA) is 105 Å². The molecule has 1 aliphatic carbocycles. The van der Waals surface area contributed by atoms with Crippen LogP contribution in [0.15, 0.2) is 36.8 Å². The van der Waals surface area contributed by atoms with E-state index in [1.54, 1.807) is 24.5 Å². The van der Waals surface area contributed by atoms with Crippen LogP contribution in [-0.2, 0) is 0 Å². The van der Waals surface area contributed by atoms with Crippen LogP contribution < -0.4 is 4.74 Å². The number of aromatic nitrogens is 6. The summed E-state index contributed by atoms with van der Waals surface area (Å²) in [5, 5.41) is 17.9. The van der Waals surface area contributed by atoms with Gasteiger partial charge in [-0.25, -0.2) is 9.97 Å². The molecule has 146 valence electrons. The van der Waals surface area contributed by atoms with Crippen LogP contribution in [0, 0.1) is 23.2 Å². The normalized spacial score (nSPS) is 21.8. The number of hydrogen-bond acceptors (Lipinski definition) is 6. The lowest BCUT2D eigenvalue weighted by molar-refractivity contribution is 0.191. The van der Waals surface area contributed by atoms with Crippen molar-refractivity contribution >= 4 is 16.8 Å². The molecule has 0 bridgehead atoms. The molecule has 1 N–H and O–H groups in total. The lowest BCUT2D eigenvalue weighted by Crippen LogP contribution is -2.15. The van der Waals surface area contributed by atoms with E-state index in [2.05, 4.69) is 49.5 Å². The Labute approximate surface area is 167 Å². The molecular weight excluding hydrogens is 366 g/mol. The molecular formula is C21H21N7O. The first-order valence-corrected chi connectivity index (χ1v) is 9.84. The van der Waals surface area contributed by atoms with E-state index in [4.69, 9.17) is 10.00 Å². The predicted octanol–water partition coefficient (Wildman–Crippen LogP) is 3.47. The van der Waals surface area contributed by atoms with Gasteiger partial charge >= 0.3 is 0 Å². The molecule has 4 heterocycles. The molecule has 8 nitrogen and oxygen atoms in total. The molecule has 0 spiro atoms. The van der Waals surface area contributed by atoms with Gasteiger partial charge < -0.3 is 9.72 Å². The van der Waals surface area contributed by atoms with Crippen molar-refractivity contribution in [2.24, 2.45) is 11.8 Å². The van der Waals surface area contributed by atoms with Crippen LogP contribution in [0.2, 0.25) is 0 Å². The lowest BCUT2D eigenvalue weighted by Gasteiger charge is -2.21. The van der Waals surface area contributed by atoms with Crippen LogP contribution in [0.1, 0.15) is 44.0 Å². The van der Waals surface area contributed by atoms with Crippen LogP contribution >= 0.6 is 0 Å². The zero-order valence-electron chi connectivity index (χ0n) is 16.3. The third-order valence-electron chi connectivity index (χ3n) is 5.88. The zero-order valence-corrected chi connectivity index (χ0v) is 16.3. The SMILES string of the molecule is CC(C)[C@@H]1C[C@@H](Oc2ccc(C#N)cn2)C[C@H]1c1nnc2cnc3[nH]ccc3n12. The van der Waals surface area contributed by atoms with Crippen molar-refractivity contribution in [2.45, 2.75) is 38.7 Å². The molecule has 0 unspecified atom stereocenters. The highest BCUT2D eigenvalue weighted by Gasteiger charge is 2.41. The standard InChI is InChI=1S/C21H21N7O/c1-12(2)15-7-14(29-19-4-3-13(9-22)10-24-19)8-16(15)21-27-26-18-11-25-20-17(28(18)21)5-6-23-20/h3-6,10-12,14-16,23H,7-8H2,1-2H3/t14-,15+,16-/m1/s1. The Morgan fingerprint density at radius 2 is 2.07 bits per heavy atom. The Hall–Kier alpha value is -3.47. The van der Waals surface area contributed by atoms with Crippen molar-refractivity contribution in [1.29, 1.82) is 5.26 Å². The largest absolute Gasteiger partial charge is 0.474 e. The van der Waals surface area contributed by atoms with E-state index in [1.165, 1.54) is 0 Å². The molecule has 8 heteroatoms. The van der Waals surface area contributed by atoms with Gasteiger partial charge in [0.25, 0.3) is 0 Å². The van der Waals surface area contributed by atoms with E-state index in [1.807, 2.05) is 12.3 Å². The third-order valence-corrected chi connectivity index (χ3v) is 5.88. The maximum absolute atomic E-state index is 8.94. The quantitative estimate of drug-likeness (QED) is 0.575. The van der Waals surface area contributed by atoms with Gasteiger partial charge in [0.15, 0.2) is 11.3 Å². The zero-order chi connectivity index (χ0) is 20.0. The maximum atomic E-state index is 8.94. The monoisotopic (exact) mass is 387 g/mol. The van der Waals surface area contributed by atoms with Crippen LogP contribution in [-0.4, -0.2) is 35.7 Å². The number of pyridine rings is 1. The average Bonchev–Trinajstić information content (AvgIpc) is 3.45. The van der Waals surface area contributed by atoms with Gasteiger partial charge in [-0.2, -0.15) is 5.26 Å². The molecule has 29 heavy (non-hydrogen) atoms. The maximum Gasteiger partial charge on any atom is 0.213 e. The first-order chi connectivity index (χ1) is 14.1. The first-order valence-electron chi connectivity index (χ1n) is 9.84. The number of rotatable bonds is 4. The van der Waals surface area contributed by atoms with E-state index >= 15 is 0 Å². The Morgan fingerprint density at radius 1 is 1.17 bits per heavy atom. The summed E-state index contributed by atoms with van der Waals surface area (Å²) in [6.45, 7) is 4.49. The number of nitriles is 1. The summed E-state index contributed by atoms with van der Waals surface area (Å²) in [4.78, 5) is 11.8. The number of nitrogens with one attached hydrogen (secondary N) is 1. The number of ether oxygens (including phenoxy) is 1. The predicted molar refractivity (Wildman–Crippen MR) is 106 cm³/mol. The fraction of sp³-hybridized carbons (Fsp3) is 0.381. The molecule has 1 saturated carbocycles. The summed E-state index contributed by atoms with van der Waals surface area (Å²) in [6, 6.07) is 7.59. The summed E-state index contributed by atoms with van der Waals surface area (Å²) in [5.41, 5.74) is 3.10. The van der Waals surface area contributed by atoms with Gasteiger partial charge in [0, 0.05) is 24.4 Å². The molecule has 0 radical (unpaired) electrons. The molecule has 4 aromatic rings. The van der Waals surface area contributed by atoms with Gasteiger partial charge in [-0.05, 0) is 36.8 Å². The smallest absolute Gasteiger partial charge is 0.213 e. The van der Waals surface area contributed by atoms with E-state index in [-0.39, 0.29) is 12.0 Å². The molecule has 1 aliphatic rings. The van der Waals surface area contributed by atoms with Crippen LogP contribution in [0.25, 0.3) is 16.8 Å². The van der Waals surface area contributed by atoms with Crippen molar-refractivity contribution in [2.75, 3.05) is 0 Å². The Balaban J connectivity index is 1.48. The minimum atomic E-state index is 0.0451. The van der Waals surface area contributed by atoms with Gasteiger partial charge in [-0.15, -0.1) is 10.2 Å². The summed E-state index contributed by atoms with van der Waals surface area (Å²) >= 11 is 0. The van der Waals surface area contributed by atoms with Gasteiger partial charge in [-0.3, -0.25) is 4.40 Å². The minimum Gasteiger partial charge on any atom is -0.474 e. The average molecular weight is 387 g/mol. The molecule has 5 rings (SSSR count). The third kappa shape index (κ3) is 2.99. The van der Waals surface area contributed by atoms with E-state index < -0.39 is 0 Å². The molecule has 0 saturated heterocycles. The Kier molecular flexibility index (Phi) is 4.16. The molecule has 0 amide bonds. The van der Waals surface area contributed by atoms with E-state index in [0.29, 0.717) is 23.3 Å². The minimum absolute atomic E-state index is 0.0451. The highest BCUT2D eigenvalue weighted by Crippen LogP contribution is 2.44. The highest BCUT2D eigenvalue weighted by molar-refractivity contribution is 5.74. The summed E-state index contributed by atoms with van der Waals surface area (Å²) in [7, 11) is 0.